The molecule has 0 aromatic carbocycles. The van der Waals surface area contributed by atoms with Gasteiger partial charge in [-0.05, 0) is 26.3 Å². The fraction of sp³-hybridized carbons (Fsp3) is 0.727. The van der Waals surface area contributed by atoms with E-state index in [4.69, 9.17) is 4.74 Å². The molecule has 5 nitrogen and oxygen atoms in total. The maximum Gasteiger partial charge on any atom is 0.307 e. The Balaban J connectivity index is 0.00000729. The molecule has 1 aliphatic rings. The van der Waals surface area contributed by atoms with Crippen molar-refractivity contribution in [2.75, 3.05) is 13.1 Å². The molecule has 0 aromatic rings. The maximum atomic E-state index is 12.1. The molecule has 1 atom stereocenters. The number of nitrogens with zero attached hydrogens (tertiary/aromatic N) is 1. The second kappa shape index (κ2) is 16.5. The van der Waals surface area contributed by atoms with Crippen LogP contribution in [0.2, 0.25) is 0 Å². The van der Waals surface area contributed by atoms with Crippen molar-refractivity contribution < 1.29 is 14.3 Å². The van der Waals surface area contributed by atoms with Crippen molar-refractivity contribution in [1.82, 2.24) is 10.2 Å². The van der Waals surface area contributed by atoms with Crippen LogP contribution in [0.15, 0.2) is 23.9 Å². The Morgan fingerprint density at radius 1 is 1.07 bits per heavy atom. The molecule has 0 spiro atoms. The summed E-state index contributed by atoms with van der Waals surface area (Å²) < 4.78 is 5.53. The van der Waals surface area contributed by atoms with E-state index in [1.165, 1.54) is 44.9 Å². The van der Waals surface area contributed by atoms with Crippen LogP contribution >= 0.6 is 12.4 Å². The number of hydrogen-bond donors (Lipinski definition) is 1. The average molecular weight is 415 g/mol. The lowest BCUT2D eigenvalue weighted by Crippen LogP contribution is -2.38. The zero-order valence-electron chi connectivity index (χ0n) is 17.9. The monoisotopic (exact) mass is 414 g/mol. The molecule has 1 N–H and O–H groups in total. The number of amides is 1. The van der Waals surface area contributed by atoms with Crippen molar-refractivity contribution in [3.05, 3.63) is 23.9 Å². The van der Waals surface area contributed by atoms with Gasteiger partial charge in [-0.1, -0.05) is 64.4 Å². The predicted molar refractivity (Wildman–Crippen MR) is 117 cm³/mol. The summed E-state index contributed by atoms with van der Waals surface area (Å²) in [5.41, 5.74) is 0.682. The molecule has 0 fully saturated rings. The molecule has 0 saturated carbocycles. The molecule has 1 unspecified atom stereocenters. The maximum absolute atomic E-state index is 12.1. The smallest absolute Gasteiger partial charge is 0.307 e. The summed E-state index contributed by atoms with van der Waals surface area (Å²) in [4.78, 5) is 25.9. The van der Waals surface area contributed by atoms with Gasteiger partial charge in [0.15, 0.2) is 6.23 Å². The highest BCUT2D eigenvalue weighted by Gasteiger charge is 2.20. The van der Waals surface area contributed by atoms with Gasteiger partial charge in [0.1, 0.15) is 0 Å². The van der Waals surface area contributed by atoms with Gasteiger partial charge in [0.25, 0.3) is 0 Å². The Bertz CT molecular complexity index is 506. The summed E-state index contributed by atoms with van der Waals surface area (Å²) in [5.74, 6) is -0.229. The van der Waals surface area contributed by atoms with Gasteiger partial charge in [-0.25, -0.2) is 0 Å². The standard InChI is InChI=1S/C22H38N2O3.ClH/c1-4-6-7-8-9-10-11-12-13-16-21(25)27-19(3)24-17-14-15-20(18-24)22(26)23-5-2;/h14-15,17,19H,4-13,16,18H2,1-3H3,(H,23,26);1H. The van der Waals surface area contributed by atoms with Crippen LogP contribution in [-0.2, 0) is 14.3 Å². The Hall–Kier alpha value is -1.49. The van der Waals surface area contributed by atoms with Crippen molar-refractivity contribution >= 4 is 24.3 Å². The van der Waals surface area contributed by atoms with E-state index in [-0.39, 0.29) is 30.5 Å². The summed E-state index contributed by atoms with van der Waals surface area (Å²) in [6, 6.07) is 0. The predicted octanol–water partition coefficient (Wildman–Crippen LogP) is 5.11. The largest absolute Gasteiger partial charge is 0.442 e. The van der Waals surface area contributed by atoms with Gasteiger partial charge in [0.2, 0.25) is 5.91 Å². The molecule has 0 saturated heterocycles. The van der Waals surface area contributed by atoms with E-state index < -0.39 is 0 Å². The molecule has 0 aromatic heterocycles. The first-order valence-electron chi connectivity index (χ1n) is 10.7. The lowest BCUT2D eigenvalue weighted by molar-refractivity contribution is -0.155. The first-order chi connectivity index (χ1) is 13.1. The van der Waals surface area contributed by atoms with Gasteiger partial charge < -0.3 is 15.0 Å². The number of carbonyl (C=O) groups is 2. The first-order valence-corrected chi connectivity index (χ1v) is 10.7. The molecule has 1 rings (SSSR count). The number of unbranched alkanes of at least 4 members (excludes halogenated alkanes) is 8. The third-order valence-corrected chi connectivity index (χ3v) is 4.81. The van der Waals surface area contributed by atoms with Crippen molar-refractivity contribution in [2.24, 2.45) is 0 Å². The summed E-state index contributed by atoms with van der Waals surface area (Å²) in [5, 5.41) is 2.80. The van der Waals surface area contributed by atoms with Crippen LogP contribution in [0.3, 0.4) is 0 Å². The second-order valence-corrected chi connectivity index (χ2v) is 7.23. The molecular formula is C22H39ClN2O3. The summed E-state index contributed by atoms with van der Waals surface area (Å²) in [6.45, 7) is 7.03. The van der Waals surface area contributed by atoms with E-state index in [0.29, 0.717) is 25.1 Å². The van der Waals surface area contributed by atoms with Crippen molar-refractivity contribution in [3.8, 4) is 0 Å². The topological polar surface area (TPSA) is 58.6 Å². The summed E-state index contributed by atoms with van der Waals surface area (Å²) in [7, 11) is 0. The molecular weight excluding hydrogens is 376 g/mol. The van der Waals surface area contributed by atoms with Crippen LogP contribution in [0.4, 0.5) is 0 Å². The van der Waals surface area contributed by atoms with Gasteiger partial charge in [0, 0.05) is 24.7 Å². The fourth-order valence-corrected chi connectivity index (χ4v) is 3.14. The number of rotatable bonds is 14. The normalized spacial score (nSPS) is 14.1. The highest BCUT2D eigenvalue weighted by Crippen LogP contribution is 2.14. The fourth-order valence-electron chi connectivity index (χ4n) is 3.14. The Morgan fingerprint density at radius 2 is 1.68 bits per heavy atom. The molecule has 162 valence electrons. The van der Waals surface area contributed by atoms with E-state index in [1.54, 1.807) is 6.08 Å². The van der Waals surface area contributed by atoms with E-state index in [2.05, 4.69) is 12.2 Å². The average Bonchev–Trinajstić information content (AvgIpc) is 2.67. The van der Waals surface area contributed by atoms with Gasteiger partial charge in [-0.15, -0.1) is 12.4 Å². The van der Waals surface area contributed by atoms with Crippen molar-refractivity contribution in [2.45, 2.75) is 91.2 Å². The minimum Gasteiger partial charge on any atom is -0.442 e. The highest BCUT2D eigenvalue weighted by atomic mass is 35.5. The Morgan fingerprint density at radius 3 is 2.29 bits per heavy atom. The van der Waals surface area contributed by atoms with Gasteiger partial charge in [0.05, 0.1) is 6.54 Å². The molecule has 0 aliphatic carbocycles. The quantitative estimate of drug-likeness (QED) is 0.317. The van der Waals surface area contributed by atoms with Crippen LogP contribution < -0.4 is 5.32 Å². The molecule has 1 aliphatic heterocycles. The lowest BCUT2D eigenvalue weighted by atomic mass is 10.1. The molecule has 0 bridgehead atoms. The summed E-state index contributed by atoms with van der Waals surface area (Å²) >= 11 is 0. The number of hydrogen-bond acceptors (Lipinski definition) is 4. The first kappa shape index (κ1) is 26.5. The van der Waals surface area contributed by atoms with Gasteiger partial charge in [-0.3, -0.25) is 9.59 Å². The number of carbonyl (C=O) groups excluding carboxylic acids is 2. The molecule has 0 radical (unpaired) electrons. The summed E-state index contributed by atoms with van der Waals surface area (Å²) in [6.07, 6.45) is 16.7. The van der Waals surface area contributed by atoms with Crippen molar-refractivity contribution in [3.63, 3.8) is 0 Å². The van der Waals surface area contributed by atoms with E-state index in [0.717, 1.165) is 12.8 Å². The Labute approximate surface area is 177 Å². The number of likely N-dealkylation sites (N-methyl/N-ethyl adjacent to an activating group) is 1. The van der Waals surface area contributed by atoms with Crippen molar-refractivity contribution in [1.29, 1.82) is 0 Å². The van der Waals surface area contributed by atoms with Crippen LogP contribution in [0.25, 0.3) is 0 Å². The van der Waals surface area contributed by atoms with E-state index >= 15 is 0 Å². The van der Waals surface area contributed by atoms with Crippen LogP contribution in [0.1, 0.15) is 85.0 Å². The van der Waals surface area contributed by atoms with Crippen LogP contribution in [0.5, 0.6) is 0 Å². The number of halogens is 1. The van der Waals surface area contributed by atoms with Gasteiger partial charge >= 0.3 is 5.97 Å². The number of esters is 1. The third kappa shape index (κ3) is 11.4. The van der Waals surface area contributed by atoms with Crippen LogP contribution in [0, 0.1) is 0 Å². The molecule has 1 heterocycles. The minimum atomic E-state index is -0.370. The van der Waals surface area contributed by atoms with E-state index in [1.807, 2.05) is 31.0 Å². The minimum absolute atomic E-state index is 0. The highest BCUT2D eigenvalue weighted by molar-refractivity contribution is 5.94. The van der Waals surface area contributed by atoms with Crippen LogP contribution in [-0.4, -0.2) is 36.1 Å². The number of allylic oxidation sites excluding steroid dienone is 2. The van der Waals surface area contributed by atoms with Gasteiger partial charge in [-0.2, -0.15) is 0 Å². The molecule has 6 heteroatoms. The van der Waals surface area contributed by atoms with E-state index in [9.17, 15) is 9.59 Å². The SMILES string of the molecule is CCCCCCCCCCCC(=O)OC(C)N1C=CC=C(C(=O)NCC)C1.Cl. The second-order valence-electron chi connectivity index (χ2n) is 7.23. The zero-order valence-corrected chi connectivity index (χ0v) is 18.7. The zero-order chi connectivity index (χ0) is 19.9. The number of nitrogens with one attached hydrogen (secondary N) is 1. The molecule has 1 amide bonds. The molecule has 28 heavy (non-hydrogen) atoms. The number of ether oxygens (including phenoxy) is 1. The Kier molecular flexibility index (Phi) is 15.6. The third-order valence-electron chi connectivity index (χ3n) is 4.81. The lowest BCUT2D eigenvalue weighted by Gasteiger charge is -2.29.